The Morgan fingerprint density at radius 2 is 1.84 bits per heavy atom. The van der Waals surface area contributed by atoms with Crippen LogP contribution in [0.15, 0.2) is 24.3 Å². The standard InChI is InChI=1S/C15H23NO3/c1-5-12(16)10-11-6-8-13(9-7-11)18-14(17)19-15(2,3)4/h6-9,12H,5,10,16H2,1-4H3. The highest BCUT2D eigenvalue weighted by molar-refractivity contribution is 5.64. The summed E-state index contributed by atoms with van der Waals surface area (Å²) in [5.74, 6) is 0.475. The van der Waals surface area contributed by atoms with Gasteiger partial charge >= 0.3 is 6.16 Å². The molecular weight excluding hydrogens is 242 g/mol. The number of ether oxygens (including phenoxy) is 2. The highest BCUT2D eigenvalue weighted by Gasteiger charge is 2.17. The highest BCUT2D eigenvalue weighted by Crippen LogP contribution is 2.16. The molecule has 0 bridgehead atoms. The quantitative estimate of drug-likeness (QED) is 0.670. The van der Waals surface area contributed by atoms with Gasteiger partial charge in [0, 0.05) is 6.04 Å². The van der Waals surface area contributed by atoms with Crippen molar-refractivity contribution in [2.45, 2.75) is 52.2 Å². The Morgan fingerprint density at radius 3 is 2.32 bits per heavy atom. The van der Waals surface area contributed by atoms with Gasteiger partial charge < -0.3 is 15.2 Å². The predicted molar refractivity (Wildman–Crippen MR) is 75.3 cm³/mol. The summed E-state index contributed by atoms with van der Waals surface area (Å²) in [4.78, 5) is 11.5. The van der Waals surface area contributed by atoms with Crippen molar-refractivity contribution in [2.75, 3.05) is 0 Å². The lowest BCUT2D eigenvalue weighted by atomic mass is 10.1. The molecule has 0 saturated heterocycles. The molecule has 106 valence electrons. The van der Waals surface area contributed by atoms with E-state index >= 15 is 0 Å². The monoisotopic (exact) mass is 265 g/mol. The molecule has 0 fully saturated rings. The van der Waals surface area contributed by atoms with Crippen molar-refractivity contribution in [3.63, 3.8) is 0 Å². The summed E-state index contributed by atoms with van der Waals surface area (Å²) < 4.78 is 10.2. The molecule has 1 unspecified atom stereocenters. The zero-order valence-electron chi connectivity index (χ0n) is 12.1. The first-order valence-corrected chi connectivity index (χ1v) is 6.55. The van der Waals surface area contributed by atoms with Crippen molar-refractivity contribution in [3.8, 4) is 5.75 Å². The van der Waals surface area contributed by atoms with Crippen molar-refractivity contribution >= 4 is 6.16 Å². The summed E-state index contributed by atoms with van der Waals surface area (Å²) in [5, 5.41) is 0. The first kappa shape index (κ1) is 15.5. The molecule has 0 heterocycles. The van der Waals surface area contributed by atoms with Gasteiger partial charge in [0.1, 0.15) is 11.4 Å². The van der Waals surface area contributed by atoms with Crippen LogP contribution in [-0.2, 0) is 11.2 Å². The maximum atomic E-state index is 11.5. The molecule has 1 aromatic rings. The summed E-state index contributed by atoms with van der Waals surface area (Å²) in [6.07, 6.45) is 1.07. The van der Waals surface area contributed by atoms with E-state index in [1.54, 1.807) is 32.9 Å². The smallest absolute Gasteiger partial charge is 0.428 e. The van der Waals surface area contributed by atoms with E-state index in [-0.39, 0.29) is 6.04 Å². The zero-order chi connectivity index (χ0) is 14.5. The summed E-state index contributed by atoms with van der Waals surface area (Å²) >= 11 is 0. The maximum Gasteiger partial charge on any atom is 0.514 e. The van der Waals surface area contributed by atoms with Gasteiger partial charge in [-0.3, -0.25) is 0 Å². The van der Waals surface area contributed by atoms with Gasteiger partial charge in [-0.15, -0.1) is 0 Å². The normalized spacial score (nSPS) is 12.9. The molecule has 4 nitrogen and oxygen atoms in total. The van der Waals surface area contributed by atoms with Crippen LogP contribution in [-0.4, -0.2) is 17.8 Å². The molecule has 0 saturated carbocycles. The Morgan fingerprint density at radius 1 is 1.26 bits per heavy atom. The first-order chi connectivity index (χ1) is 8.80. The Hall–Kier alpha value is -1.55. The van der Waals surface area contributed by atoms with E-state index in [0.29, 0.717) is 5.75 Å². The molecular formula is C15H23NO3. The van der Waals surface area contributed by atoms with Crippen LogP contribution in [0, 0.1) is 0 Å². The van der Waals surface area contributed by atoms with Crippen LogP contribution in [0.25, 0.3) is 0 Å². The molecule has 1 aromatic carbocycles. The van der Waals surface area contributed by atoms with Crippen LogP contribution in [0.1, 0.15) is 39.7 Å². The van der Waals surface area contributed by atoms with E-state index < -0.39 is 11.8 Å². The molecule has 0 spiro atoms. The summed E-state index contributed by atoms with van der Waals surface area (Å²) in [5.41, 5.74) is 6.47. The molecule has 0 aliphatic carbocycles. The van der Waals surface area contributed by atoms with E-state index in [4.69, 9.17) is 15.2 Å². The van der Waals surface area contributed by atoms with Gasteiger partial charge in [0.25, 0.3) is 0 Å². The van der Waals surface area contributed by atoms with E-state index in [1.165, 1.54) is 0 Å². The van der Waals surface area contributed by atoms with Crippen LogP contribution in [0.4, 0.5) is 4.79 Å². The molecule has 0 aromatic heterocycles. The molecule has 0 radical (unpaired) electrons. The van der Waals surface area contributed by atoms with E-state index in [0.717, 1.165) is 18.4 Å². The fourth-order valence-corrected chi connectivity index (χ4v) is 1.51. The summed E-state index contributed by atoms with van der Waals surface area (Å²) in [6.45, 7) is 7.45. The molecule has 0 amide bonds. The van der Waals surface area contributed by atoms with E-state index in [9.17, 15) is 4.79 Å². The average molecular weight is 265 g/mol. The molecule has 1 rings (SSSR count). The van der Waals surface area contributed by atoms with E-state index in [1.807, 2.05) is 12.1 Å². The van der Waals surface area contributed by atoms with Gasteiger partial charge in [-0.2, -0.15) is 0 Å². The Labute approximate surface area is 114 Å². The number of carbonyl (C=O) groups excluding carboxylic acids is 1. The fourth-order valence-electron chi connectivity index (χ4n) is 1.51. The van der Waals surface area contributed by atoms with Crippen molar-refractivity contribution in [2.24, 2.45) is 5.73 Å². The number of benzene rings is 1. The molecule has 1 atom stereocenters. The first-order valence-electron chi connectivity index (χ1n) is 6.55. The lowest BCUT2D eigenvalue weighted by molar-refractivity contribution is 0.0206. The average Bonchev–Trinajstić information content (AvgIpc) is 2.29. The molecule has 19 heavy (non-hydrogen) atoms. The summed E-state index contributed by atoms with van der Waals surface area (Å²) in [7, 11) is 0. The predicted octanol–water partition coefficient (Wildman–Crippen LogP) is 3.28. The van der Waals surface area contributed by atoms with Gasteiger partial charge in [-0.05, 0) is 51.3 Å². The Kier molecular flexibility index (Phi) is 5.36. The zero-order valence-corrected chi connectivity index (χ0v) is 12.1. The third-order valence-corrected chi connectivity index (χ3v) is 2.54. The molecule has 0 aliphatic rings. The number of hydrogen-bond donors (Lipinski definition) is 1. The molecule has 0 aliphatic heterocycles. The van der Waals surface area contributed by atoms with Crippen LogP contribution >= 0.6 is 0 Å². The van der Waals surface area contributed by atoms with Gasteiger partial charge in [-0.25, -0.2) is 4.79 Å². The lowest BCUT2D eigenvalue weighted by Gasteiger charge is -2.18. The van der Waals surface area contributed by atoms with Crippen LogP contribution in [0.2, 0.25) is 0 Å². The largest absolute Gasteiger partial charge is 0.514 e. The third-order valence-electron chi connectivity index (χ3n) is 2.54. The number of hydrogen-bond acceptors (Lipinski definition) is 4. The maximum absolute atomic E-state index is 11.5. The second-order valence-electron chi connectivity index (χ2n) is 5.58. The van der Waals surface area contributed by atoms with Crippen molar-refractivity contribution in [3.05, 3.63) is 29.8 Å². The van der Waals surface area contributed by atoms with Gasteiger partial charge in [0.15, 0.2) is 0 Å². The van der Waals surface area contributed by atoms with Gasteiger partial charge in [0.05, 0.1) is 0 Å². The number of rotatable bonds is 4. The SMILES string of the molecule is CCC(N)Cc1ccc(OC(=O)OC(C)(C)C)cc1. The lowest BCUT2D eigenvalue weighted by Crippen LogP contribution is -2.26. The van der Waals surface area contributed by atoms with Crippen molar-refractivity contribution in [1.82, 2.24) is 0 Å². The highest BCUT2D eigenvalue weighted by atomic mass is 16.7. The number of carbonyl (C=O) groups is 1. The van der Waals surface area contributed by atoms with Crippen molar-refractivity contribution < 1.29 is 14.3 Å². The van der Waals surface area contributed by atoms with Crippen LogP contribution in [0.5, 0.6) is 5.75 Å². The Bertz CT molecular complexity index is 406. The fraction of sp³-hybridized carbons (Fsp3) is 0.533. The Balaban J connectivity index is 2.55. The van der Waals surface area contributed by atoms with Crippen molar-refractivity contribution in [1.29, 1.82) is 0 Å². The van der Waals surface area contributed by atoms with Gasteiger partial charge in [-0.1, -0.05) is 19.1 Å². The van der Waals surface area contributed by atoms with Gasteiger partial charge in [0.2, 0.25) is 0 Å². The van der Waals surface area contributed by atoms with Crippen LogP contribution in [0.3, 0.4) is 0 Å². The second-order valence-corrected chi connectivity index (χ2v) is 5.58. The minimum absolute atomic E-state index is 0.164. The van der Waals surface area contributed by atoms with E-state index in [2.05, 4.69) is 6.92 Å². The van der Waals surface area contributed by atoms with Crippen LogP contribution < -0.4 is 10.5 Å². The topological polar surface area (TPSA) is 61.5 Å². The summed E-state index contributed by atoms with van der Waals surface area (Å²) in [6, 6.07) is 7.49. The molecule has 4 heteroatoms. The second kappa shape index (κ2) is 6.57. The third kappa shape index (κ3) is 6.25. The number of nitrogens with two attached hydrogens (primary N) is 1. The minimum atomic E-state index is -0.689. The minimum Gasteiger partial charge on any atom is -0.428 e. The molecule has 2 N–H and O–H groups in total.